The summed E-state index contributed by atoms with van der Waals surface area (Å²) in [6.45, 7) is 2.99. The number of likely N-dealkylation sites (tertiary alicyclic amines) is 1. The van der Waals surface area contributed by atoms with Crippen molar-refractivity contribution in [3.05, 3.63) is 41.8 Å². The van der Waals surface area contributed by atoms with E-state index in [0.717, 1.165) is 19.3 Å². The Labute approximate surface area is 151 Å². The van der Waals surface area contributed by atoms with Gasteiger partial charge in [-0.15, -0.1) is 0 Å². The maximum Gasteiger partial charge on any atom is 0.276 e. The number of piperidine rings is 1. The van der Waals surface area contributed by atoms with Crippen LogP contribution in [0.2, 0.25) is 0 Å². The standard InChI is InChI=1S/C19H22FN3O3/c1-2-6-18(24)21-13-7-5-10-23(12-13)19(25)16-11-17(26-22-16)14-8-3-4-9-15(14)20/h3-4,8-9,11,13H,2,5-7,10,12H2,1H3,(H,21,24). The fraction of sp³-hybridized carbons (Fsp3) is 0.421. The van der Waals surface area contributed by atoms with Gasteiger partial charge in [-0.05, 0) is 31.4 Å². The molecule has 2 aromatic rings. The molecule has 2 heterocycles. The Hall–Kier alpha value is -2.70. The maximum atomic E-state index is 13.9. The number of halogens is 1. The van der Waals surface area contributed by atoms with Crippen molar-refractivity contribution in [2.45, 2.75) is 38.6 Å². The van der Waals surface area contributed by atoms with Crippen LogP contribution in [0.3, 0.4) is 0 Å². The van der Waals surface area contributed by atoms with E-state index in [4.69, 9.17) is 4.52 Å². The van der Waals surface area contributed by atoms with Crippen LogP contribution in [0, 0.1) is 5.82 Å². The molecule has 1 saturated heterocycles. The molecule has 1 aliphatic heterocycles. The average Bonchev–Trinajstić information content (AvgIpc) is 3.11. The third-order valence-corrected chi connectivity index (χ3v) is 4.42. The Balaban J connectivity index is 1.67. The Morgan fingerprint density at radius 2 is 2.19 bits per heavy atom. The number of nitrogens with one attached hydrogen (secondary N) is 1. The van der Waals surface area contributed by atoms with Crippen LogP contribution in [-0.2, 0) is 4.79 Å². The van der Waals surface area contributed by atoms with Crippen LogP contribution in [0.25, 0.3) is 11.3 Å². The molecular weight excluding hydrogens is 337 g/mol. The van der Waals surface area contributed by atoms with E-state index in [-0.39, 0.29) is 34.9 Å². The minimum Gasteiger partial charge on any atom is -0.355 e. The van der Waals surface area contributed by atoms with E-state index in [1.54, 1.807) is 23.1 Å². The second-order valence-electron chi connectivity index (χ2n) is 6.46. The van der Waals surface area contributed by atoms with Gasteiger partial charge in [0.25, 0.3) is 5.91 Å². The van der Waals surface area contributed by atoms with Crippen LogP contribution in [0.4, 0.5) is 4.39 Å². The monoisotopic (exact) mass is 359 g/mol. The number of hydrogen-bond donors (Lipinski definition) is 1. The van der Waals surface area contributed by atoms with Gasteiger partial charge in [-0.3, -0.25) is 9.59 Å². The molecule has 1 atom stereocenters. The van der Waals surface area contributed by atoms with Crippen LogP contribution in [0.15, 0.2) is 34.9 Å². The van der Waals surface area contributed by atoms with Crippen molar-refractivity contribution in [3.63, 3.8) is 0 Å². The molecule has 1 aromatic carbocycles. The second kappa shape index (κ2) is 8.12. The number of rotatable bonds is 5. The van der Waals surface area contributed by atoms with E-state index in [2.05, 4.69) is 10.5 Å². The molecule has 26 heavy (non-hydrogen) atoms. The van der Waals surface area contributed by atoms with Crippen molar-refractivity contribution in [1.82, 2.24) is 15.4 Å². The van der Waals surface area contributed by atoms with Gasteiger partial charge in [0.15, 0.2) is 11.5 Å². The van der Waals surface area contributed by atoms with Crippen molar-refractivity contribution in [3.8, 4) is 11.3 Å². The molecule has 1 aliphatic rings. The van der Waals surface area contributed by atoms with Crippen LogP contribution in [-0.4, -0.2) is 41.0 Å². The zero-order valence-corrected chi connectivity index (χ0v) is 14.7. The summed E-state index contributed by atoms with van der Waals surface area (Å²) in [6.07, 6.45) is 2.93. The Morgan fingerprint density at radius 1 is 1.38 bits per heavy atom. The van der Waals surface area contributed by atoms with E-state index in [9.17, 15) is 14.0 Å². The lowest BCUT2D eigenvalue weighted by Crippen LogP contribution is -2.49. The number of carbonyl (C=O) groups is 2. The highest BCUT2D eigenvalue weighted by Gasteiger charge is 2.27. The molecule has 6 nitrogen and oxygen atoms in total. The number of amides is 2. The predicted molar refractivity (Wildman–Crippen MR) is 93.9 cm³/mol. The van der Waals surface area contributed by atoms with Gasteiger partial charge in [0.05, 0.1) is 5.56 Å². The van der Waals surface area contributed by atoms with Crippen molar-refractivity contribution < 1.29 is 18.5 Å². The molecule has 0 spiro atoms. The third-order valence-electron chi connectivity index (χ3n) is 4.42. The summed E-state index contributed by atoms with van der Waals surface area (Å²) >= 11 is 0. The first-order valence-corrected chi connectivity index (χ1v) is 8.88. The van der Waals surface area contributed by atoms with E-state index in [0.29, 0.717) is 19.5 Å². The lowest BCUT2D eigenvalue weighted by atomic mass is 10.0. The number of hydrogen-bond acceptors (Lipinski definition) is 4. The zero-order valence-electron chi connectivity index (χ0n) is 14.7. The highest BCUT2D eigenvalue weighted by molar-refractivity contribution is 5.93. The lowest BCUT2D eigenvalue weighted by molar-refractivity contribution is -0.122. The topological polar surface area (TPSA) is 75.4 Å². The van der Waals surface area contributed by atoms with Crippen molar-refractivity contribution >= 4 is 11.8 Å². The first-order chi connectivity index (χ1) is 12.6. The molecule has 0 radical (unpaired) electrons. The van der Waals surface area contributed by atoms with Gasteiger partial charge >= 0.3 is 0 Å². The molecule has 2 amide bonds. The molecule has 3 rings (SSSR count). The van der Waals surface area contributed by atoms with Gasteiger partial charge in [0.2, 0.25) is 5.91 Å². The van der Waals surface area contributed by atoms with Gasteiger partial charge in [-0.2, -0.15) is 0 Å². The Kier molecular flexibility index (Phi) is 5.65. The summed E-state index contributed by atoms with van der Waals surface area (Å²) in [7, 11) is 0. The molecule has 1 aromatic heterocycles. The van der Waals surface area contributed by atoms with Crippen LogP contribution < -0.4 is 5.32 Å². The van der Waals surface area contributed by atoms with Gasteiger partial charge in [0.1, 0.15) is 5.82 Å². The van der Waals surface area contributed by atoms with E-state index in [1.165, 1.54) is 12.1 Å². The van der Waals surface area contributed by atoms with Gasteiger partial charge in [-0.1, -0.05) is 24.2 Å². The molecule has 1 unspecified atom stereocenters. The number of nitrogens with zero attached hydrogens (tertiary/aromatic N) is 2. The fourth-order valence-electron chi connectivity index (χ4n) is 3.13. The fourth-order valence-corrected chi connectivity index (χ4v) is 3.13. The molecule has 1 fully saturated rings. The van der Waals surface area contributed by atoms with E-state index >= 15 is 0 Å². The molecule has 0 saturated carbocycles. The largest absolute Gasteiger partial charge is 0.355 e. The minimum absolute atomic E-state index is 0.00933. The highest BCUT2D eigenvalue weighted by atomic mass is 19.1. The van der Waals surface area contributed by atoms with Crippen LogP contribution in [0.1, 0.15) is 43.1 Å². The predicted octanol–water partition coefficient (Wildman–Crippen LogP) is 3.00. The maximum absolute atomic E-state index is 13.9. The molecule has 0 bridgehead atoms. The lowest BCUT2D eigenvalue weighted by Gasteiger charge is -2.32. The van der Waals surface area contributed by atoms with Gasteiger partial charge < -0.3 is 14.7 Å². The molecule has 7 heteroatoms. The molecule has 1 N–H and O–H groups in total. The number of aromatic nitrogens is 1. The summed E-state index contributed by atoms with van der Waals surface area (Å²) in [5.74, 6) is -0.476. The molecule has 138 valence electrons. The SMILES string of the molecule is CCCC(=O)NC1CCCN(C(=O)c2cc(-c3ccccc3F)on2)C1. The summed E-state index contributed by atoms with van der Waals surface area (Å²) < 4.78 is 19.0. The first-order valence-electron chi connectivity index (χ1n) is 8.88. The normalized spacial score (nSPS) is 17.2. The quantitative estimate of drug-likeness (QED) is 0.890. The smallest absolute Gasteiger partial charge is 0.276 e. The van der Waals surface area contributed by atoms with Gasteiger partial charge in [-0.25, -0.2) is 4.39 Å². The highest BCUT2D eigenvalue weighted by Crippen LogP contribution is 2.24. The van der Waals surface area contributed by atoms with Crippen molar-refractivity contribution in [2.24, 2.45) is 0 Å². The number of carbonyl (C=O) groups excluding carboxylic acids is 2. The van der Waals surface area contributed by atoms with E-state index in [1.807, 2.05) is 6.92 Å². The summed E-state index contributed by atoms with van der Waals surface area (Å²) in [5, 5.41) is 6.77. The van der Waals surface area contributed by atoms with Crippen LogP contribution in [0.5, 0.6) is 0 Å². The van der Waals surface area contributed by atoms with Crippen molar-refractivity contribution in [1.29, 1.82) is 0 Å². The minimum atomic E-state index is -0.431. The zero-order chi connectivity index (χ0) is 18.5. The summed E-state index contributed by atoms with van der Waals surface area (Å²) in [5.41, 5.74) is 0.409. The number of benzene rings is 1. The average molecular weight is 359 g/mol. The van der Waals surface area contributed by atoms with Crippen molar-refractivity contribution in [2.75, 3.05) is 13.1 Å². The third kappa shape index (κ3) is 4.09. The second-order valence-corrected chi connectivity index (χ2v) is 6.46. The van der Waals surface area contributed by atoms with E-state index < -0.39 is 5.82 Å². The first kappa shape index (κ1) is 18.1. The van der Waals surface area contributed by atoms with Crippen LogP contribution >= 0.6 is 0 Å². The Bertz CT molecular complexity index is 790. The van der Waals surface area contributed by atoms with Gasteiger partial charge in [0, 0.05) is 31.6 Å². The summed E-state index contributed by atoms with van der Waals surface area (Å²) in [4.78, 5) is 26.1. The molecule has 0 aliphatic carbocycles. The molecular formula is C19H22FN3O3. The summed E-state index contributed by atoms with van der Waals surface area (Å²) in [6, 6.07) is 7.58. The Morgan fingerprint density at radius 3 is 2.96 bits per heavy atom.